The van der Waals surface area contributed by atoms with Gasteiger partial charge in [0.2, 0.25) is 5.91 Å². The van der Waals surface area contributed by atoms with E-state index in [-0.39, 0.29) is 12.3 Å². The van der Waals surface area contributed by atoms with Crippen LogP contribution in [-0.4, -0.2) is 31.2 Å². The maximum atomic E-state index is 12.8. The summed E-state index contributed by atoms with van der Waals surface area (Å²) in [5, 5.41) is 10.7. The standard InChI is InChI=1S/C19H22N2O2/c1-19(23,15-8-4-3-5-9-15)14-18(22)21-13-12-20(2)16-10-6-7-11-17(16)21/h3-11,23H,12-14H2,1-2H3. The highest BCUT2D eigenvalue weighted by molar-refractivity contribution is 5.98. The van der Waals surface area contributed by atoms with Crippen LogP contribution in [-0.2, 0) is 10.4 Å². The summed E-state index contributed by atoms with van der Waals surface area (Å²) in [7, 11) is 2.03. The van der Waals surface area contributed by atoms with Crippen molar-refractivity contribution < 1.29 is 9.90 Å². The van der Waals surface area contributed by atoms with Gasteiger partial charge in [0.15, 0.2) is 0 Å². The molecular weight excluding hydrogens is 288 g/mol. The molecule has 0 bridgehead atoms. The zero-order chi connectivity index (χ0) is 16.4. The minimum Gasteiger partial charge on any atom is -0.385 e. The van der Waals surface area contributed by atoms with Gasteiger partial charge in [-0.15, -0.1) is 0 Å². The lowest BCUT2D eigenvalue weighted by Crippen LogP contribution is -2.44. The number of anilines is 2. The Hall–Kier alpha value is -2.33. The number of carbonyl (C=O) groups is 1. The molecule has 0 radical (unpaired) electrons. The molecule has 0 saturated heterocycles. The molecule has 0 aliphatic carbocycles. The number of aliphatic hydroxyl groups is 1. The third-order valence-corrected chi connectivity index (χ3v) is 4.43. The molecule has 120 valence electrons. The van der Waals surface area contributed by atoms with E-state index in [1.165, 1.54) is 0 Å². The second-order valence-corrected chi connectivity index (χ2v) is 6.27. The van der Waals surface area contributed by atoms with Crippen LogP contribution in [0.3, 0.4) is 0 Å². The second-order valence-electron chi connectivity index (χ2n) is 6.27. The van der Waals surface area contributed by atoms with E-state index in [9.17, 15) is 9.90 Å². The van der Waals surface area contributed by atoms with E-state index in [2.05, 4.69) is 4.90 Å². The Bertz CT molecular complexity index is 698. The minimum atomic E-state index is -1.17. The predicted octanol–water partition coefficient (Wildman–Crippen LogP) is 2.77. The molecule has 23 heavy (non-hydrogen) atoms. The van der Waals surface area contributed by atoms with Crippen LogP contribution >= 0.6 is 0 Å². The molecule has 3 rings (SSSR count). The van der Waals surface area contributed by atoms with E-state index in [0.29, 0.717) is 6.54 Å². The summed E-state index contributed by atoms with van der Waals surface area (Å²) in [6, 6.07) is 17.2. The van der Waals surface area contributed by atoms with Gasteiger partial charge in [-0.3, -0.25) is 4.79 Å². The highest BCUT2D eigenvalue weighted by atomic mass is 16.3. The Kier molecular flexibility index (Phi) is 4.09. The number of rotatable bonds is 3. The number of para-hydroxylation sites is 2. The van der Waals surface area contributed by atoms with E-state index in [1.807, 2.05) is 61.6 Å². The fourth-order valence-corrected chi connectivity index (χ4v) is 3.05. The van der Waals surface area contributed by atoms with Gasteiger partial charge < -0.3 is 14.9 Å². The van der Waals surface area contributed by atoms with Crippen LogP contribution in [0.1, 0.15) is 18.9 Å². The first kappa shape index (κ1) is 15.6. The van der Waals surface area contributed by atoms with Crippen LogP contribution in [0.4, 0.5) is 11.4 Å². The number of nitrogens with zero attached hydrogens (tertiary/aromatic N) is 2. The Morgan fingerprint density at radius 2 is 1.65 bits per heavy atom. The molecule has 0 spiro atoms. The summed E-state index contributed by atoms with van der Waals surface area (Å²) < 4.78 is 0. The lowest BCUT2D eigenvalue weighted by atomic mass is 9.92. The maximum absolute atomic E-state index is 12.8. The van der Waals surface area contributed by atoms with Crippen molar-refractivity contribution in [2.45, 2.75) is 18.9 Å². The lowest BCUT2D eigenvalue weighted by Gasteiger charge is -2.37. The maximum Gasteiger partial charge on any atom is 0.230 e. The predicted molar refractivity (Wildman–Crippen MR) is 92.7 cm³/mol. The molecule has 2 aromatic carbocycles. The Balaban J connectivity index is 1.83. The highest BCUT2D eigenvalue weighted by Crippen LogP contribution is 2.34. The summed E-state index contributed by atoms with van der Waals surface area (Å²) in [4.78, 5) is 16.7. The molecule has 0 aromatic heterocycles. The average molecular weight is 310 g/mol. The first-order valence-electron chi connectivity index (χ1n) is 7.87. The number of likely N-dealkylation sites (N-methyl/N-ethyl adjacent to an activating group) is 1. The second kappa shape index (κ2) is 6.05. The van der Waals surface area contributed by atoms with Crippen LogP contribution < -0.4 is 9.80 Å². The van der Waals surface area contributed by atoms with Crippen molar-refractivity contribution in [3.8, 4) is 0 Å². The Morgan fingerprint density at radius 3 is 2.35 bits per heavy atom. The van der Waals surface area contributed by atoms with Gasteiger partial charge >= 0.3 is 0 Å². The van der Waals surface area contributed by atoms with E-state index in [0.717, 1.165) is 23.5 Å². The van der Waals surface area contributed by atoms with E-state index >= 15 is 0 Å². The number of fused-ring (bicyclic) bond motifs is 1. The quantitative estimate of drug-likeness (QED) is 0.948. The topological polar surface area (TPSA) is 43.8 Å². The zero-order valence-corrected chi connectivity index (χ0v) is 13.6. The van der Waals surface area contributed by atoms with Crippen molar-refractivity contribution >= 4 is 17.3 Å². The molecule has 4 nitrogen and oxygen atoms in total. The first-order chi connectivity index (χ1) is 11.0. The largest absolute Gasteiger partial charge is 0.385 e. The third-order valence-electron chi connectivity index (χ3n) is 4.43. The van der Waals surface area contributed by atoms with Crippen molar-refractivity contribution in [3.05, 3.63) is 60.2 Å². The normalized spacial score (nSPS) is 16.7. The summed E-state index contributed by atoms with van der Waals surface area (Å²) in [6.45, 7) is 3.12. The van der Waals surface area contributed by atoms with Gasteiger partial charge in [0, 0.05) is 20.1 Å². The van der Waals surface area contributed by atoms with Crippen LogP contribution in [0.25, 0.3) is 0 Å². The van der Waals surface area contributed by atoms with Gasteiger partial charge in [0.25, 0.3) is 0 Å². The number of hydrogen-bond acceptors (Lipinski definition) is 3. The van der Waals surface area contributed by atoms with E-state index in [4.69, 9.17) is 0 Å². The van der Waals surface area contributed by atoms with Gasteiger partial charge in [0.1, 0.15) is 0 Å². The SMILES string of the molecule is CN1CCN(C(=O)CC(C)(O)c2ccccc2)c2ccccc21. The Labute approximate surface area is 137 Å². The van der Waals surface area contributed by atoms with Gasteiger partial charge in [-0.1, -0.05) is 42.5 Å². The fourth-order valence-electron chi connectivity index (χ4n) is 3.05. The van der Waals surface area contributed by atoms with Crippen LogP contribution in [0.2, 0.25) is 0 Å². The molecule has 0 saturated carbocycles. The molecular formula is C19H22N2O2. The summed E-state index contributed by atoms with van der Waals surface area (Å²) in [5.74, 6) is -0.0561. The van der Waals surface area contributed by atoms with E-state index < -0.39 is 5.60 Å². The van der Waals surface area contributed by atoms with Crippen LogP contribution in [0.15, 0.2) is 54.6 Å². The third kappa shape index (κ3) is 3.08. The van der Waals surface area contributed by atoms with Crippen molar-refractivity contribution in [3.63, 3.8) is 0 Å². The Morgan fingerprint density at radius 1 is 1.04 bits per heavy atom. The van der Waals surface area contributed by atoms with Crippen LogP contribution in [0, 0.1) is 0 Å². The molecule has 1 unspecified atom stereocenters. The van der Waals surface area contributed by atoms with Gasteiger partial charge in [0.05, 0.1) is 23.4 Å². The van der Waals surface area contributed by atoms with Gasteiger partial charge in [-0.05, 0) is 24.6 Å². The number of hydrogen-bond donors (Lipinski definition) is 1. The summed E-state index contributed by atoms with van der Waals surface area (Å²) in [6.07, 6.45) is 0.0645. The fraction of sp³-hybridized carbons (Fsp3) is 0.316. The highest BCUT2D eigenvalue weighted by Gasteiger charge is 2.32. The monoisotopic (exact) mass is 310 g/mol. The first-order valence-corrected chi connectivity index (χ1v) is 7.87. The molecule has 1 aliphatic heterocycles. The number of carbonyl (C=O) groups excluding carboxylic acids is 1. The van der Waals surface area contributed by atoms with Crippen molar-refractivity contribution in [1.29, 1.82) is 0 Å². The summed E-state index contributed by atoms with van der Waals surface area (Å²) in [5.41, 5.74) is 1.55. The number of amides is 1. The average Bonchev–Trinajstić information content (AvgIpc) is 2.56. The zero-order valence-electron chi connectivity index (χ0n) is 13.6. The molecule has 1 aliphatic rings. The van der Waals surface area contributed by atoms with Crippen molar-refractivity contribution in [2.75, 3.05) is 29.9 Å². The van der Waals surface area contributed by atoms with Crippen molar-refractivity contribution in [2.24, 2.45) is 0 Å². The van der Waals surface area contributed by atoms with Crippen LogP contribution in [0.5, 0.6) is 0 Å². The smallest absolute Gasteiger partial charge is 0.230 e. The molecule has 0 fully saturated rings. The summed E-state index contributed by atoms with van der Waals surface area (Å²) >= 11 is 0. The number of benzene rings is 2. The molecule has 1 atom stereocenters. The van der Waals surface area contributed by atoms with Gasteiger partial charge in [-0.25, -0.2) is 0 Å². The molecule has 1 N–H and O–H groups in total. The van der Waals surface area contributed by atoms with Gasteiger partial charge in [-0.2, -0.15) is 0 Å². The minimum absolute atomic E-state index is 0.0561. The van der Waals surface area contributed by atoms with Crippen molar-refractivity contribution in [1.82, 2.24) is 0 Å². The van der Waals surface area contributed by atoms with E-state index in [1.54, 1.807) is 11.8 Å². The lowest BCUT2D eigenvalue weighted by molar-refractivity contribution is -0.123. The molecule has 2 aromatic rings. The molecule has 4 heteroatoms. The molecule has 1 amide bonds. The molecule has 1 heterocycles.